The summed E-state index contributed by atoms with van der Waals surface area (Å²) in [4.78, 5) is 46.8. The molecule has 2 fully saturated rings. The third-order valence-electron chi connectivity index (χ3n) is 8.72. The Kier molecular flexibility index (Phi) is 10.9. The third kappa shape index (κ3) is 7.51. The van der Waals surface area contributed by atoms with Gasteiger partial charge in [0.25, 0.3) is 6.04 Å². The molecule has 0 unspecified atom stereocenters. The fourth-order valence-corrected chi connectivity index (χ4v) is 6.03. The van der Waals surface area contributed by atoms with E-state index in [2.05, 4.69) is 5.32 Å². The van der Waals surface area contributed by atoms with E-state index in [1.54, 1.807) is 0 Å². The first kappa shape index (κ1) is 37.5. The number of rotatable bonds is 10. The van der Waals surface area contributed by atoms with Crippen molar-refractivity contribution < 1.29 is 98.9 Å². The van der Waals surface area contributed by atoms with Gasteiger partial charge in [-0.3, -0.25) is 0 Å². The number of carboxylic acids is 4. The first-order valence-corrected chi connectivity index (χ1v) is 15.2. The predicted octanol–water partition coefficient (Wildman–Crippen LogP) is -4.45. The van der Waals surface area contributed by atoms with E-state index in [1.807, 2.05) is 0 Å². The molecule has 0 saturated carbocycles. The lowest BCUT2D eigenvalue weighted by atomic mass is 9.97. The largest absolute Gasteiger partial charge is 0.504 e. The molecule has 1 aromatic carbocycles. The van der Waals surface area contributed by atoms with Crippen LogP contribution in [0, 0.1) is 0 Å². The molecule has 2 saturated heterocycles. The number of aliphatic hydroxyl groups excluding tert-OH is 6. The van der Waals surface area contributed by atoms with Crippen molar-refractivity contribution in [3.05, 3.63) is 41.1 Å². The summed E-state index contributed by atoms with van der Waals surface area (Å²) in [7, 11) is 0. The van der Waals surface area contributed by atoms with Crippen LogP contribution in [0.1, 0.15) is 12.0 Å². The predicted molar refractivity (Wildman–Crippen MR) is 160 cm³/mol. The minimum Gasteiger partial charge on any atom is -0.504 e. The summed E-state index contributed by atoms with van der Waals surface area (Å²) in [6.07, 6.45) is -16.0. The first-order chi connectivity index (χ1) is 24.0. The summed E-state index contributed by atoms with van der Waals surface area (Å²) in [5, 5.41) is 113. The SMILES string of the molecule is O=C(O)C1=C/C(=C/C=[N+]2c3cc(O)c(O[C@@H]4O[C@H](CO)[C@@H](O)[C@H](O)[C@H]4O[C@@H]4O[C@H](C(=O)O)[C@@H](O)[C@H](O)[C@H]4O)cc3C[C@H]2C(=O)O)C[C@H](C(=O)O)N1. The number of nitrogens with one attached hydrogen (secondary N) is 1. The van der Waals surface area contributed by atoms with Gasteiger partial charge in [0.05, 0.1) is 19.1 Å². The topological polar surface area (TPSA) is 343 Å². The Labute approximate surface area is 285 Å². The van der Waals surface area contributed by atoms with Crippen molar-refractivity contribution in [2.45, 2.75) is 86.3 Å². The number of allylic oxidation sites excluding steroid dienone is 2. The number of benzene rings is 1. The Morgan fingerprint density at radius 1 is 0.863 bits per heavy atom. The molecular weight excluding hydrogens is 692 g/mol. The maximum Gasteiger partial charge on any atom is 0.373 e. The average Bonchev–Trinajstić information content (AvgIpc) is 3.43. The molecule has 12 atom stereocenters. The van der Waals surface area contributed by atoms with Crippen molar-refractivity contribution in [2.24, 2.45) is 0 Å². The lowest BCUT2D eigenvalue weighted by molar-refractivity contribution is -0.456. The zero-order valence-electron chi connectivity index (χ0n) is 26.1. The van der Waals surface area contributed by atoms with Crippen molar-refractivity contribution in [3.63, 3.8) is 0 Å². The molecule has 12 N–H and O–H groups in total. The second-order valence-electron chi connectivity index (χ2n) is 12.1. The number of aliphatic carboxylic acids is 4. The zero-order chi connectivity index (χ0) is 37.5. The molecule has 4 aliphatic rings. The van der Waals surface area contributed by atoms with E-state index < -0.39 is 121 Å². The van der Waals surface area contributed by atoms with Crippen molar-refractivity contribution in [1.82, 2.24) is 5.32 Å². The highest BCUT2D eigenvalue weighted by Crippen LogP contribution is 2.41. The number of aliphatic hydroxyl groups is 6. The van der Waals surface area contributed by atoms with Gasteiger partial charge in [0, 0.05) is 18.1 Å². The molecule has 5 rings (SSSR count). The minimum atomic E-state index is -2.09. The molecular formula is C30H35N2O19+. The monoisotopic (exact) mass is 727 g/mol. The minimum absolute atomic E-state index is 0.140. The number of carboxylic acid groups (broad SMARTS) is 4. The van der Waals surface area contributed by atoms with E-state index in [0.29, 0.717) is 0 Å². The van der Waals surface area contributed by atoms with E-state index >= 15 is 0 Å². The highest BCUT2D eigenvalue weighted by Gasteiger charge is 2.53. The number of nitrogens with zero attached hydrogens (tertiary/aromatic N) is 1. The maximum atomic E-state index is 12.2. The quantitative estimate of drug-likeness (QED) is 0.101. The Hall–Kier alpha value is -4.71. The first-order valence-electron chi connectivity index (χ1n) is 15.2. The highest BCUT2D eigenvalue weighted by molar-refractivity contribution is 5.89. The fraction of sp³-hybridized carbons (Fsp3) is 0.500. The molecule has 4 aliphatic heterocycles. The second-order valence-corrected chi connectivity index (χ2v) is 12.1. The number of ether oxygens (including phenoxy) is 4. The molecule has 1 aromatic rings. The van der Waals surface area contributed by atoms with Crippen LogP contribution in [0.2, 0.25) is 0 Å². The van der Waals surface area contributed by atoms with Crippen LogP contribution in [0.25, 0.3) is 0 Å². The molecule has 51 heavy (non-hydrogen) atoms. The summed E-state index contributed by atoms with van der Waals surface area (Å²) in [6.45, 7) is -0.859. The number of hydrogen-bond acceptors (Lipinski definition) is 16. The van der Waals surface area contributed by atoms with E-state index in [0.717, 1.165) is 6.07 Å². The fourth-order valence-electron chi connectivity index (χ4n) is 6.03. The van der Waals surface area contributed by atoms with Gasteiger partial charge in [-0.25, -0.2) is 19.2 Å². The summed E-state index contributed by atoms with van der Waals surface area (Å²) < 4.78 is 23.2. The van der Waals surface area contributed by atoms with Crippen LogP contribution in [0.15, 0.2) is 35.6 Å². The smallest absolute Gasteiger partial charge is 0.373 e. The number of carbonyl (C=O) groups is 4. The van der Waals surface area contributed by atoms with Crippen LogP contribution in [-0.4, -0.2) is 171 Å². The molecule has 4 heterocycles. The van der Waals surface area contributed by atoms with Gasteiger partial charge < -0.3 is 80.4 Å². The molecule has 0 radical (unpaired) electrons. The van der Waals surface area contributed by atoms with Crippen LogP contribution in [0.4, 0.5) is 5.69 Å². The second kappa shape index (κ2) is 14.9. The van der Waals surface area contributed by atoms with Gasteiger partial charge in [-0.2, -0.15) is 4.58 Å². The van der Waals surface area contributed by atoms with Crippen molar-refractivity contribution in [1.29, 1.82) is 0 Å². The Morgan fingerprint density at radius 2 is 1.57 bits per heavy atom. The molecule has 0 aromatic heterocycles. The van der Waals surface area contributed by atoms with Gasteiger partial charge in [-0.1, -0.05) is 0 Å². The summed E-state index contributed by atoms with van der Waals surface area (Å²) >= 11 is 0. The van der Waals surface area contributed by atoms with Crippen LogP contribution in [0.5, 0.6) is 11.5 Å². The normalized spacial score (nSPS) is 36.5. The number of phenolic OH excluding ortho intramolecular Hbond substituents is 1. The van der Waals surface area contributed by atoms with Gasteiger partial charge >= 0.3 is 23.9 Å². The van der Waals surface area contributed by atoms with Crippen LogP contribution >= 0.6 is 0 Å². The maximum absolute atomic E-state index is 12.2. The molecule has 0 aliphatic carbocycles. The van der Waals surface area contributed by atoms with Crippen LogP contribution < -0.4 is 10.1 Å². The van der Waals surface area contributed by atoms with Crippen molar-refractivity contribution in [2.75, 3.05) is 6.61 Å². The summed E-state index contributed by atoms with van der Waals surface area (Å²) in [6, 6.07) is -0.208. The van der Waals surface area contributed by atoms with Crippen molar-refractivity contribution in [3.8, 4) is 11.5 Å². The third-order valence-corrected chi connectivity index (χ3v) is 8.72. The number of phenols is 1. The summed E-state index contributed by atoms with van der Waals surface area (Å²) in [5.41, 5.74) is 0.282. The molecule has 21 nitrogen and oxygen atoms in total. The Balaban J connectivity index is 1.46. The Morgan fingerprint density at radius 3 is 2.18 bits per heavy atom. The molecule has 0 amide bonds. The number of fused-ring (bicyclic) bond motifs is 1. The number of aromatic hydroxyl groups is 1. The molecule has 0 bridgehead atoms. The van der Waals surface area contributed by atoms with Crippen LogP contribution in [-0.2, 0) is 39.8 Å². The summed E-state index contributed by atoms with van der Waals surface area (Å²) in [5.74, 6) is -6.79. The van der Waals surface area contributed by atoms with E-state index in [1.165, 1.54) is 29.0 Å². The highest BCUT2D eigenvalue weighted by atomic mass is 16.8. The molecule has 21 heteroatoms. The van der Waals surface area contributed by atoms with Gasteiger partial charge in [-0.05, 0) is 17.7 Å². The standard InChI is InChI=1S/C30H34N2O19/c33-8-17-18(35)20(37)24(51-29-22(39)19(36)21(38)23(50-29)28(46)47)30(49-17)48-16-6-10-5-14(27(44)45)32(13(10)7-15(16)34)2-1-9-3-11(25(40)41)31-12(4-9)26(42)43/h1-3,6-7,12,14,17-24,29-30,33,35-39H,4-5,8H2,(H5,34,40,41,42,43,44,45,46,47)/p+1/t12-,14+,17-,18-,19+,20+,21+,22-,23+,24-,29+,30-/m1/s1. The average molecular weight is 728 g/mol. The van der Waals surface area contributed by atoms with E-state index in [-0.39, 0.29) is 29.7 Å². The van der Waals surface area contributed by atoms with Gasteiger partial charge in [0.1, 0.15) is 48.4 Å². The van der Waals surface area contributed by atoms with Gasteiger partial charge in [0.2, 0.25) is 12.0 Å². The lowest BCUT2D eigenvalue weighted by Gasteiger charge is -2.45. The van der Waals surface area contributed by atoms with E-state index in [9.17, 15) is 75.3 Å². The molecule has 0 spiro atoms. The van der Waals surface area contributed by atoms with Gasteiger partial charge in [0.15, 0.2) is 36.2 Å². The lowest BCUT2D eigenvalue weighted by Crippen LogP contribution is -2.65. The van der Waals surface area contributed by atoms with Gasteiger partial charge in [-0.15, -0.1) is 0 Å². The Bertz CT molecular complexity index is 1660. The van der Waals surface area contributed by atoms with Crippen LogP contribution in [0.3, 0.4) is 0 Å². The van der Waals surface area contributed by atoms with E-state index in [4.69, 9.17) is 18.9 Å². The zero-order valence-corrected chi connectivity index (χ0v) is 26.1. The number of hydrogen-bond donors (Lipinski definition) is 12. The molecule has 278 valence electrons. The van der Waals surface area contributed by atoms with Crippen molar-refractivity contribution >= 4 is 35.8 Å².